The molecule has 2 unspecified atom stereocenters. The average Bonchev–Trinajstić information content (AvgIpc) is 2.43. The van der Waals surface area contributed by atoms with Crippen molar-refractivity contribution in [1.29, 1.82) is 0 Å². The van der Waals surface area contributed by atoms with Gasteiger partial charge in [-0.3, -0.25) is 9.69 Å². The van der Waals surface area contributed by atoms with Crippen LogP contribution in [0.15, 0.2) is 24.3 Å². The molecule has 1 amide bonds. The molecule has 1 saturated heterocycles. The van der Waals surface area contributed by atoms with E-state index < -0.39 is 0 Å². The molecular formula is C17H27N3O. The first-order valence-electron chi connectivity index (χ1n) is 7.91. The van der Waals surface area contributed by atoms with Gasteiger partial charge in [0.1, 0.15) is 0 Å². The highest BCUT2D eigenvalue weighted by Gasteiger charge is 2.33. The lowest BCUT2D eigenvalue weighted by Crippen LogP contribution is -2.52. The van der Waals surface area contributed by atoms with Crippen molar-refractivity contribution < 1.29 is 4.79 Å². The number of hydrogen-bond donors (Lipinski definition) is 2. The van der Waals surface area contributed by atoms with E-state index in [0.29, 0.717) is 17.6 Å². The van der Waals surface area contributed by atoms with Crippen LogP contribution >= 0.6 is 0 Å². The Bertz CT molecular complexity index is 469. The molecule has 1 aromatic carbocycles. The summed E-state index contributed by atoms with van der Waals surface area (Å²) in [5.41, 5.74) is 7.20. The Kier molecular flexibility index (Phi) is 5.23. The Morgan fingerprint density at radius 2 is 1.95 bits per heavy atom. The van der Waals surface area contributed by atoms with E-state index >= 15 is 0 Å². The number of carbonyl (C=O) groups is 1. The summed E-state index contributed by atoms with van der Waals surface area (Å²) in [6, 6.07) is 7.72. The number of carbonyl (C=O) groups excluding carboxylic acids is 1. The zero-order chi connectivity index (χ0) is 15.4. The van der Waals surface area contributed by atoms with Gasteiger partial charge in [0.15, 0.2) is 0 Å². The predicted octanol–water partition coefficient (Wildman–Crippen LogP) is 3.11. The number of likely N-dealkylation sites (tertiary alicyclic amines) is 1. The molecule has 1 aromatic rings. The Labute approximate surface area is 127 Å². The van der Waals surface area contributed by atoms with Crippen molar-refractivity contribution in [3.63, 3.8) is 0 Å². The molecule has 116 valence electrons. The predicted molar refractivity (Wildman–Crippen MR) is 88.1 cm³/mol. The molecule has 1 fully saturated rings. The Morgan fingerprint density at radius 3 is 2.52 bits per heavy atom. The molecule has 4 nitrogen and oxygen atoms in total. The van der Waals surface area contributed by atoms with Gasteiger partial charge >= 0.3 is 0 Å². The van der Waals surface area contributed by atoms with E-state index in [1.165, 1.54) is 19.3 Å². The van der Waals surface area contributed by atoms with E-state index in [1.54, 1.807) is 0 Å². The average molecular weight is 289 g/mol. The molecule has 2 rings (SSSR count). The maximum absolute atomic E-state index is 12.7. The minimum atomic E-state index is -0.0714. The molecular weight excluding hydrogens is 262 g/mol. The van der Waals surface area contributed by atoms with Gasteiger partial charge in [-0.05, 0) is 56.5 Å². The quantitative estimate of drug-likeness (QED) is 0.837. The highest BCUT2D eigenvalue weighted by molar-refractivity contribution is 5.95. The second-order valence-electron chi connectivity index (χ2n) is 6.38. The summed E-state index contributed by atoms with van der Waals surface area (Å²) in [5.74, 6) is 0.378. The molecule has 1 heterocycles. The number of hydrogen-bond acceptors (Lipinski definition) is 3. The molecule has 3 N–H and O–H groups in total. The first-order valence-corrected chi connectivity index (χ1v) is 7.91. The van der Waals surface area contributed by atoms with E-state index in [2.05, 4.69) is 31.0 Å². The number of nitrogen functional groups attached to an aromatic ring is 1. The number of rotatable bonds is 4. The van der Waals surface area contributed by atoms with Crippen LogP contribution < -0.4 is 11.1 Å². The van der Waals surface area contributed by atoms with Gasteiger partial charge in [-0.1, -0.05) is 20.3 Å². The number of nitrogens with zero attached hydrogens (tertiary/aromatic N) is 1. The first kappa shape index (κ1) is 15.8. The molecule has 0 spiro atoms. The summed E-state index contributed by atoms with van der Waals surface area (Å²) in [4.78, 5) is 15.1. The van der Waals surface area contributed by atoms with E-state index in [0.717, 1.165) is 12.2 Å². The van der Waals surface area contributed by atoms with Crippen molar-refractivity contribution in [3.8, 4) is 0 Å². The summed E-state index contributed by atoms with van der Waals surface area (Å²) in [7, 11) is 0. The Hall–Kier alpha value is -1.55. The minimum Gasteiger partial charge on any atom is -0.399 e. The van der Waals surface area contributed by atoms with Crippen molar-refractivity contribution in [3.05, 3.63) is 24.3 Å². The van der Waals surface area contributed by atoms with Crippen LogP contribution in [0.1, 0.15) is 40.0 Å². The van der Waals surface area contributed by atoms with Gasteiger partial charge in [-0.2, -0.15) is 0 Å². The summed E-state index contributed by atoms with van der Waals surface area (Å²) >= 11 is 0. The van der Waals surface area contributed by atoms with Gasteiger partial charge in [0.05, 0.1) is 6.04 Å². The normalized spacial score (nSPS) is 21.2. The molecule has 0 aromatic heterocycles. The number of nitrogens with two attached hydrogens (primary N) is 1. The summed E-state index contributed by atoms with van der Waals surface area (Å²) in [6.07, 6.45) is 3.63. The molecule has 0 bridgehead atoms. The number of piperidine rings is 1. The fourth-order valence-corrected chi connectivity index (χ4v) is 3.15. The number of anilines is 2. The van der Waals surface area contributed by atoms with Crippen molar-refractivity contribution in [1.82, 2.24) is 4.90 Å². The fourth-order valence-electron chi connectivity index (χ4n) is 3.15. The molecule has 4 heteroatoms. The van der Waals surface area contributed by atoms with Gasteiger partial charge in [-0.15, -0.1) is 0 Å². The number of amides is 1. The van der Waals surface area contributed by atoms with E-state index in [9.17, 15) is 4.79 Å². The largest absolute Gasteiger partial charge is 0.399 e. The van der Waals surface area contributed by atoms with Gasteiger partial charge in [0.25, 0.3) is 0 Å². The second kappa shape index (κ2) is 6.94. The van der Waals surface area contributed by atoms with E-state index in [1.807, 2.05) is 24.3 Å². The molecule has 2 atom stereocenters. The van der Waals surface area contributed by atoms with Crippen LogP contribution in [-0.2, 0) is 4.79 Å². The van der Waals surface area contributed by atoms with E-state index in [-0.39, 0.29) is 11.9 Å². The summed E-state index contributed by atoms with van der Waals surface area (Å²) in [5, 5.41) is 3.03. The smallest absolute Gasteiger partial charge is 0.242 e. The zero-order valence-electron chi connectivity index (χ0n) is 13.3. The SMILES string of the molecule is CC(C)C(C(=O)Nc1ccc(N)cc1)N1CCCCC1C. The van der Waals surface area contributed by atoms with Gasteiger partial charge in [0, 0.05) is 17.4 Å². The molecule has 0 radical (unpaired) electrons. The first-order chi connectivity index (χ1) is 9.99. The lowest BCUT2D eigenvalue weighted by molar-refractivity contribution is -0.124. The van der Waals surface area contributed by atoms with Gasteiger partial charge in [0.2, 0.25) is 5.91 Å². The highest BCUT2D eigenvalue weighted by Crippen LogP contribution is 2.24. The third-order valence-corrected chi connectivity index (χ3v) is 4.29. The summed E-state index contributed by atoms with van der Waals surface area (Å²) in [6.45, 7) is 7.48. The monoisotopic (exact) mass is 289 g/mol. The zero-order valence-corrected chi connectivity index (χ0v) is 13.3. The molecule has 21 heavy (non-hydrogen) atoms. The van der Waals surface area contributed by atoms with Crippen molar-refractivity contribution in [2.24, 2.45) is 5.92 Å². The molecule has 0 aliphatic carbocycles. The lowest BCUT2D eigenvalue weighted by atomic mass is 9.94. The second-order valence-corrected chi connectivity index (χ2v) is 6.38. The molecule has 1 aliphatic rings. The number of nitrogens with one attached hydrogen (secondary N) is 1. The highest BCUT2D eigenvalue weighted by atomic mass is 16.2. The van der Waals surface area contributed by atoms with Crippen LogP contribution in [0, 0.1) is 5.92 Å². The number of benzene rings is 1. The Morgan fingerprint density at radius 1 is 1.29 bits per heavy atom. The van der Waals surface area contributed by atoms with Crippen LogP contribution in [0.2, 0.25) is 0 Å². The lowest BCUT2D eigenvalue weighted by Gasteiger charge is -2.40. The van der Waals surface area contributed by atoms with Crippen LogP contribution in [-0.4, -0.2) is 29.4 Å². The van der Waals surface area contributed by atoms with Crippen molar-refractivity contribution in [2.45, 2.75) is 52.1 Å². The van der Waals surface area contributed by atoms with Crippen LogP contribution in [0.25, 0.3) is 0 Å². The maximum Gasteiger partial charge on any atom is 0.242 e. The van der Waals surface area contributed by atoms with Crippen molar-refractivity contribution in [2.75, 3.05) is 17.6 Å². The van der Waals surface area contributed by atoms with Gasteiger partial charge < -0.3 is 11.1 Å². The third-order valence-electron chi connectivity index (χ3n) is 4.29. The molecule has 1 aliphatic heterocycles. The van der Waals surface area contributed by atoms with Crippen molar-refractivity contribution >= 4 is 17.3 Å². The van der Waals surface area contributed by atoms with E-state index in [4.69, 9.17) is 5.73 Å². The maximum atomic E-state index is 12.7. The standard InChI is InChI=1S/C17H27N3O/c1-12(2)16(20-11-5-4-6-13(20)3)17(21)19-15-9-7-14(18)8-10-15/h7-10,12-13,16H,4-6,11,18H2,1-3H3,(H,19,21). The van der Waals surface area contributed by atoms with Gasteiger partial charge in [-0.25, -0.2) is 0 Å². The minimum absolute atomic E-state index is 0.0714. The van der Waals surface area contributed by atoms with Crippen LogP contribution in [0.3, 0.4) is 0 Å². The Balaban J connectivity index is 2.10. The molecule has 0 saturated carbocycles. The van der Waals surface area contributed by atoms with Crippen LogP contribution in [0.4, 0.5) is 11.4 Å². The third kappa shape index (κ3) is 3.97. The fraction of sp³-hybridized carbons (Fsp3) is 0.588. The van der Waals surface area contributed by atoms with Crippen LogP contribution in [0.5, 0.6) is 0 Å². The summed E-state index contributed by atoms with van der Waals surface area (Å²) < 4.78 is 0. The topological polar surface area (TPSA) is 58.4 Å².